The Morgan fingerprint density at radius 2 is 2.27 bits per heavy atom. The molecule has 1 aliphatic rings. The highest BCUT2D eigenvalue weighted by Gasteiger charge is 2.19. The molecule has 22 heavy (non-hydrogen) atoms. The fourth-order valence-corrected chi connectivity index (χ4v) is 2.84. The fourth-order valence-electron chi connectivity index (χ4n) is 2.84. The molecule has 3 heterocycles. The number of aromatic nitrogens is 4. The Morgan fingerprint density at radius 1 is 1.36 bits per heavy atom. The van der Waals surface area contributed by atoms with E-state index in [1.54, 1.807) is 6.33 Å². The third-order valence-electron chi connectivity index (χ3n) is 4.00. The molecule has 0 saturated heterocycles. The van der Waals surface area contributed by atoms with Crippen LogP contribution in [0.5, 0.6) is 5.75 Å². The van der Waals surface area contributed by atoms with Gasteiger partial charge in [0.25, 0.3) is 0 Å². The number of fused-ring (bicyclic) bond motifs is 2. The van der Waals surface area contributed by atoms with Crippen molar-refractivity contribution in [2.24, 2.45) is 5.92 Å². The number of anilines is 1. The van der Waals surface area contributed by atoms with Crippen LogP contribution in [-0.4, -0.2) is 32.7 Å². The minimum atomic E-state index is 0.436. The molecule has 6 nitrogen and oxygen atoms in total. The van der Waals surface area contributed by atoms with Crippen molar-refractivity contribution in [3.8, 4) is 5.75 Å². The number of nitrogens with one attached hydrogen (secondary N) is 1. The van der Waals surface area contributed by atoms with Gasteiger partial charge in [0.05, 0.1) is 6.61 Å². The highest BCUT2D eigenvalue weighted by Crippen LogP contribution is 2.26. The summed E-state index contributed by atoms with van der Waals surface area (Å²) in [6.45, 7) is 3.50. The molecule has 0 amide bonds. The van der Waals surface area contributed by atoms with E-state index in [-0.39, 0.29) is 0 Å². The molecule has 3 aromatic rings. The molecule has 0 aliphatic carbocycles. The van der Waals surface area contributed by atoms with E-state index in [9.17, 15) is 0 Å². The first-order chi connectivity index (χ1) is 10.8. The van der Waals surface area contributed by atoms with Crippen LogP contribution in [0.1, 0.15) is 11.4 Å². The molecule has 1 unspecified atom stereocenters. The maximum absolute atomic E-state index is 5.82. The molecule has 112 valence electrons. The second-order valence-electron chi connectivity index (χ2n) is 5.62. The van der Waals surface area contributed by atoms with E-state index < -0.39 is 0 Å². The van der Waals surface area contributed by atoms with Crippen LogP contribution >= 0.6 is 0 Å². The van der Waals surface area contributed by atoms with Crippen molar-refractivity contribution in [3.63, 3.8) is 0 Å². The lowest BCUT2D eigenvalue weighted by molar-refractivity contribution is 0.229. The highest BCUT2D eigenvalue weighted by molar-refractivity contribution is 5.49. The van der Waals surface area contributed by atoms with Gasteiger partial charge < -0.3 is 10.1 Å². The van der Waals surface area contributed by atoms with Crippen molar-refractivity contribution in [1.82, 2.24) is 19.6 Å². The number of para-hydroxylation sites is 1. The minimum Gasteiger partial charge on any atom is -0.493 e. The van der Waals surface area contributed by atoms with E-state index in [4.69, 9.17) is 4.74 Å². The number of hydrogen-bond acceptors (Lipinski definition) is 5. The Morgan fingerprint density at radius 3 is 3.23 bits per heavy atom. The van der Waals surface area contributed by atoms with Crippen molar-refractivity contribution in [2.45, 2.75) is 13.3 Å². The van der Waals surface area contributed by atoms with Crippen LogP contribution in [0.2, 0.25) is 0 Å². The van der Waals surface area contributed by atoms with Gasteiger partial charge in [-0.25, -0.2) is 4.98 Å². The van der Waals surface area contributed by atoms with Crippen LogP contribution in [-0.2, 0) is 6.42 Å². The SMILES string of the molecule is Cc1nc(NCC2COc3ccccc3C2)cc2nncn12. The quantitative estimate of drug-likeness (QED) is 0.801. The highest BCUT2D eigenvalue weighted by atomic mass is 16.5. The van der Waals surface area contributed by atoms with Gasteiger partial charge in [0, 0.05) is 18.5 Å². The van der Waals surface area contributed by atoms with E-state index >= 15 is 0 Å². The largest absolute Gasteiger partial charge is 0.493 e. The Balaban J connectivity index is 1.46. The Hall–Kier alpha value is -2.63. The first-order valence-electron chi connectivity index (χ1n) is 7.41. The molecule has 2 aromatic heterocycles. The van der Waals surface area contributed by atoms with Gasteiger partial charge in [-0.3, -0.25) is 4.40 Å². The smallest absolute Gasteiger partial charge is 0.165 e. The molecule has 0 radical (unpaired) electrons. The summed E-state index contributed by atoms with van der Waals surface area (Å²) in [5.74, 6) is 3.15. The number of rotatable bonds is 3. The fraction of sp³-hybridized carbons (Fsp3) is 0.312. The van der Waals surface area contributed by atoms with Gasteiger partial charge in [-0.05, 0) is 25.0 Å². The van der Waals surface area contributed by atoms with Gasteiger partial charge in [0.2, 0.25) is 0 Å². The zero-order valence-corrected chi connectivity index (χ0v) is 12.4. The summed E-state index contributed by atoms with van der Waals surface area (Å²) in [6, 6.07) is 10.1. The summed E-state index contributed by atoms with van der Waals surface area (Å²) >= 11 is 0. The molecule has 1 atom stereocenters. The van der Waals surface area contributed by atoms with Crippen molar-refractivity contribution < 1.29 is 4.74 Å². The van der Waals surface area contributed by atoms with Crippen molar-refractivity contribution in [1.29, 1.82) is 0 Å². The third kappa shape index (κ3) is 2.36. The molecular weight excluding hydrogens is 278 g/mol. The summed E-state index contributed by atoms with van der Waals surface area (Å²) in [4.78, 5) is 4.53. The first-order valence-corrected chi connectivity index (χ1v) is 7.41. The lowest BCUT2D eigenvalue weighted by atomic mass is 9.97. The minimum absolute atomic E-state index is 0.436. The number of benzene rings is 1. The van der Waals surface area contributed by atoms with E-state index in [1.807, 2.05) is 29.5 Å². The maximum Gasteiger partial charge on any atom is 0.165 e. The molecule has 0 bridgehead atoms. The Labute approximate surface area is 128 Å². The van der Waals surface area contributed by atoms with Gasteiger partial charge in [-0.2, -0.15) is 0 Å². The summed E-state index contributed by atoms with van der Waals surface area (Å²) in [7, 11) is 0. The summed E-state index contributed by atoms with van der Waals surface area (Å²) in [5.41, 5.74) is 2.08. The maximum atomic E-state index is 5.82. The Kier molecular flexibility index (Phi) is 3.14. The average Bonchev–Trinajstić information content (AvgIpc) is 3.02. The van der Waals surface area contributed by atoms with Crippen LogP contribution in [0.25, 0.3) is 5.65 Å². The van der Waals surface area contributed by atoms with Gasteiger partial charge in [-0.15, -0.1) is 10.2 Å². The monoisotopic (exact) mass is 295 g/mol. The van der Waals surface area contributed by atoms with Gasteiger partial charge in [-0.1, -0.05) is 18.2 Å². The summed E-state index contributed by atoms with van der Waals surface area (Å²) < 4.78 is 7.69. The van der Waals surface area contributed by atoms with Crippen LogP contribution in [0, 0.1) is 12.8 Å². The molecule has 4 rings (SSSR count). The van der Waals surface area contributed by atoms with Crippen LogP contribution < -0.4 is 10.1 Å². The zero-order chi connectivity index (χ0) is 14.9. The van der Waals surface area contributed by atoms with E-state index in [0.717, 1.165) is 42.6 Å². The first kappa shape index (κ1) is 13.1. The van der Waals surface area contributed by atoms with Gasteiger partial charge in [0.1, 0.15) is 23.7 Å². The van der Waals surface area contributed by atoms with Crippen molar-refractivity contribution in [3.05, 3.63) is 48.0 Å². The predicted octanol–water partition coefficient (Wildman–Crippen LogP) is 2.10. The predicted molar refractivity (Wildman–Crippen MR) is 83.1 cm³/mol. The normalized spacial score (nSPS) is 17.0. The topological polar surface area (TPSA) is 64.3 Å². The zero-order valence-electron chi connectivity index (χ0n) is 12.4. The molecule has 1 N–H and O–H groups in total. The average molecular weight is 295 g/mol. The number of nitrogens with zero attached hydrogens (tertiary/aromatic N) is 4. The van der Waals surface area contributed by atoms with E-state index in [2.05, 4.69) is 32.6 Å². The second kappa shape index (κ2) is 5.29. The summed E-state index contributed by atoms with van der Waals surface area (Å²) in [6.07, 6.45) is 2.70. The Bertz CT molecular complexity index is 813. The second-order valence-corrected chi connectivity index (χ2v) is 5.62. The van der Waals surface area contributed by atoms with Gasteiger partial charge in [0.15, 0.2) is 5.65 Å². The van der Waals surface area contributed by atoms with E-state index in [0.29, 0.717) is 5.92 Å². The molecule has 0 fully saturated rings. The van der Waals surface area contributed by atoms with Crippen LogP contribution in [0.15, 0.2) is 36.7 Å². The third-order valence-corrected chi connectivity index (χ3v) is 4.00. The van der Waals surface area contributed by atoms with Crippen molar-refractivity contribution >= 4 is 11.5 Å². The lowest BCUT2D eigenvalue weighted by Gasteiger charge is -2.25. The number of hydrogen-bond donors (Lipinski definition) is 1. The lowest BCUT2D eigenvalue weighted by Crippen LogP contribution is -2.27. The number of ether oxygens (including phenoxy) is 1. The van der Waals surface area contributed by atoms with Crippen LogP contribution in [0.4, 0.5) is 5.82 Å². The molecule has 0 saturated carbocycles. The standard InChI is InChI=1S/C16H17N5O/c1-11-19-15(7-16-20-18-10-21(11)16)17-8-12-6-13-4-2-3-5-14(13)22-9-12/h2-5,7,10,12,17H,6,8-9H2,1H3. The molecule has 0 spiro atoms. The summed E-state index contributed by atoms with van der Waals surface area (Å²) in [5, 5.41) is 11.4. The van der Waals surface area contributed by atoms with Crippen molar-refractivity contribution in [2.75, 3.05) is 18.5 Å². The number of aryl methyl sites for hydroxylation is 1. The molecule has 1 aliphatic heterocycles. The van der Waals surface area contributed by atoms with Crippen LogP contribution in [0.3, 0.4) is 0 Å². The van der Waals surface area contributed by atoms with E-state index in [1.165, 1.54) is 5.56 Å². The molecule has 1 aromatic carbocycles. The molecule has 6 heteroatoms. The van der Waals surface area contributed by atoms with Gasteiger partial charge >= 0.3 is 0 Å². The molecular formula is C16H17N5O.